The molecule has 0 fully saturated rings. The summed E-state index contributed by atoms with van der Waals surface area (Å²) < 4.78 is 8.16. The number of ether oxygens (including phenoxy) is 1. The van der Waals surface area contributed by atoms with E-state index in [0.717, 1.165) is 21.8 Å². The van der Waals surface area contributed by atoms with Crippen LogP contribution in [0.2, 0.25) is 0 Å². The summed E-state index contributed by atoms with van der Waals surface area (Å²) >= 11 is 7.17. The van der Waals surface area contributed by atoms with E-state index >= 15 is 0 Å². The number of rotatable bonds is 3. The predicted molar refractivity (Wildman–Crippen MR) is 84.3 cm³/mol. The molecule has 20 heavy (non-hydrogen) atoms. The Kier molecular flexibility index (Phi) is 3.35. The standard InChI is InChI=1S/C14H15N3OS2/c1-8-7-15-13(20-8)9(2)17-10-5-4-6-11(18-3)12(10)16-14(17)19/h4-7,9H,1-3H3,(H,16,19). The van der Waals surface area contributed by atoms with Gasteiger partial charge in [0.2, 0.25) is 0 Å². The molecule has 4 nitrogen and oxygen atoms in total. The fraction of sp³-hybridized carbons (Fsp3) is 0.286. The van der Waals surface area contributed by atoms with Gasteiger partial charge in [0.05, 0.1) is 18.7 Å². The van der Waals surface area contributed by atoms with Gasteiger partial charge < -0.3 is 14.3 Å². The van der Waals surface area contributed by atoms with Crippen LogP contribution in [0, 0.1) is 11.7 Å². The van der Waals surface area contributed by atoms with Crippen molar-refractivity contribution in [2.24, 2.45) is 0 Å². The van der Waals surface area contributed by atoms with E-state index in [-0.39, 0.29) is 6.04 Å². The molecule has 2 heterocycles. The first-order valence-electron chi connectivity index (χ1n) is 6.31. The Bertz CT molecular complexity index is 815. The van der Waals surface area contributed by atoms with Gasteiger partial charge in [0, 0.05) is 11.1 Å². The van der Waals surface area contributed by atoms with E-state index in [9.17, 15) is 0 Å². The summed E-state index contributed by atoms with van der Waals surface area (Å²) in [5.74, 6) is 0.801. The fourth-order valence-corrected chi connectivity index (χ4v) is 3.53. The molecule has 3 aromatic rings. The third kappa shape index (κ3) is 2.05. The van der Waals surface area contributed by atoms with E-state index in [1.807, 2.05) is 24.4 Å². The van der Waals surface area contributed by atoms with Gasteiger partial charge in [-0.25, -0.2) is 4.98 Å². The maximum atomic E-state index is 5.47. The highest BCUT2D eigenvalue weighted by atomic mass is 32.1. The zero-order valence-electron chi connectivity index (χ0n) is 11.5. The Morgan fingerprint density at radius 3 is 2.90 bits per heavy atom. The van der Waals surface area contributed by atoms with E-state index in [1.165, 1.54) is 4.88 Å². The number of imidazole rings is 1. The smallest absolute Gasteiger partial charge is 0.178 e. The molecular formula is C14H15N3OS2. The quantitative estimate of drug-likeness (QED) is 0.741. The minimum absolute atomic E-state index is 0.0991. The zero-order chi connectivity index (χ0) is 14.3. The number of aryl methyl sites for hydroxylation is 1. The average molecular weight is 305 g/mol. The SMILES string of the molecule is COc1cccc2c1[nH]c(=S)n2C(C)c1ncc(C)s1. The Hall–Kier alpha value is -1.66. The summed E-state index contributed by atoms with van der Waals surface area (Å²) in [6, 6.07) is 6.04. The molecule has 0 aliphatic heterocycles. The summed E-state index contributed by atoms with van der Waals surface area (Å²) in [6.45, 7) is 4.17. The van der Waals surface area contributed by atoms with Crippen LogP contribution >= 0.6 is 23.6 Å². The average Bonchev–Trinajstić information content (AvgIpc) is 3.00. The van der Waals surface area contributed by atoms with Gasteiger partial charge in [-0.15, -0.1) is 11.3 Å². The highest BCUT2D eigenvalue weighted by Gasteiger charge is 2.17. The lowest BCUT2D eigenvalue weighted by Gasteiger charge is -2.12. The van der Waals surface area contributed by atoms with Gasteiger partial charge in [-0.1, -0.05) is 6.07 Å². The third-order valence-corrected chi connectivity index (χ3v) is 4.70. The minimum atomic E-state index is 0.0991. The molecule has 104 valence electrons. The predicted octanol–water partition coefficient (Wildman–Crippen LogP) is 4.08. The van der Waals surface area contributed by atoms with E-state index in [1.54, 1.807) is 18.4 Å². The molecule has 6 heteroatoms. The van der Waals surface area contributed by atoms with Crippen molar-refractivity contribution in [3.8, 4) is 5.75 Å². The molecule has 0 saturated carbocycles. The van der Waals surface area contributed by atoms with E-state index in [2.05, 4.69) is 28.4 Å². The highest BCUT2D eigenvalue weighted by Crippen LogP contribution is 2.30. The van der Waals surface area contributed by atoms with Crippen molar-refractivity contribution in [2.75, 3.05) is 7.11 Å². The van der Waals surface area contributed by atoms with Crippen molar-refractivity contribution < 1.29 is 4.74 Å². The summed E-state index contributed by atoms with van der Waals surface area (Å²) in [6.07, 6.45) is 1.90. The van der Waals surface area contributed by atoms with Crippen molar-refractivity contribution in [1.29, 1.82) is 0 Å². The van der Waals surface area contributed by atoms with E-state index in [0.29, 0.717) is 4.77 Å². The summed E-state index contributed by atoms with van der Waals surface area (Å²) in [5, 5.41) is 1.06. The molecule has 0 aliphatic rings. The maximum absolute atomic E-state index is 5.47. The highest BCUT2D eigenvalue weighted by molar-refractivity contribution is 7.71. The van der Waals surface area contributed by atoms with E-state index in [4.69, 9.17) is 17.0 Å². The van der Waals surface area contributed by atoms with Gasteiger partial charge in [0.25, 0.3) is 0 Å². The molecule has 0 amide bonds. The van der Waals surface area contributed by atoms with Crippen molar-refractivity contribution in [3.63, 3.8) is 0 Å². The second-order valence-electron chi connectivity index (χ2n) is 4.64. The van der Waals surface area contributed by atoms with Crippen LogP contribution in [-0.4, -0.2) is 21.6 Å². The number of aromatic amines is 1. The van der Waals surface area contributed by atoms with Crippen LogP contribution in [0.3, 0.4) is 0 Å². The topological polar surface area (TPSA) is 42.8 Å². The van der Waals surface area contributed by atoms with Crippen molar-refractivity contribution in [1.82, 2.24) is 14.5 Å². The number of nitrogens with one attached hydrogen (secondary N) is 1. The Labute approximate surface area is 126 Å². The number of benzene rings is 1. The number of para-hydroxylation sites is 1. The van der Waals surface area contributed by atoms with Gasteiger partial charge >= 0.3 is 0 Å². The summed E-state index contributed by atoms with van der Waals surface area (Å²) in [5.41, 5.74) is 1.97. The first kappa shape index (κ1) is 13.3. The molecule has 0 saturated heterocycles. The van der Waals surface area contributed by atoms with Crippen molar-refractivity contribution in [2.45, 2.75) is 19.9 Å². The van der Waals surface area contributed by atoms with Crippen molar-refractivity contribution in [3.05, 3.63) is 39.1 Å². The Morgan fingerprint density at radius 2 is 2.25 bits per heavy atom. The normalized spacial score (nSPS) is 12.8. The summed E-state index contributed by atoms with van der Waals surface area (Å²) in [4.78, 5) is 8.91. The number of hydrogen-bond acceptors (Lipinski definition) is 4. The zero-order valence-corrected chi connectivity index (χ0v) is 13.1. The molecule has 0 radical (unpaired) electrons. The molecular weight excluding hydrogens is 290 g/mol. The molecule has 1 N–H and O–H groups in total. The lowest BCUT2D eigenvalue weighted by Crippen LogP contribution is -2.06. The van der Waals surface area contributed by atoms with Crippen LogP contribution in [0.4, 0.5) is 0 Å². The van der Waals surface area contributed by atoms with E-state index < -0.39 is 0 Å². The molecule has 1 atom stereocenters. The molecule has 1 unspecified atom stereocenters. The lowest BCUT2D eigenvalue weighted by atomic mass is 10.2. The Balaban J connectivity index is 2.21. The van der Waals surface area contributed by atoms with Crippen LogP contribution in [0.25, 0.3) is 11.0 Å². The second kappa shape index (κ2) is 5.03. The Morgan fingerprint density at radius 1 is 1.45 bits per heavy atom. The lowest BCUT2D eigenvalue weighted by molar-refractivity contribution is 0.419. The number of nitrogens with zero attached hydrogens (tertiary/aromatic N) is 2. The van der Waals surface area contributed by atoms with Crippen molar-refractivity contribution >= 4 is 34.6 Å². The van der Waals surface area contributed by atoms with Gasteiger partial charge in [0.15, 0.2) is 4.77 Å². The number of thiazole rings is 1. The molecule has 1 aromatic carbocycles. The second-order valence-corrected chi connectivity index (χ2v) is 6.29. The molecule has 0 bridgehead atoms. The molecule has 0 aliphatic carbocycles. The van der Waals surface area contributed by atoms with Crippen LogP contribution in [0.5, 0.6) is 5.75 Å². The minimum Gasteiger partial charge on any atom is -0.494 e. The first-order valence-corrected chi connectivity index (χ1v) is 7.54. The maximum Gasteiger partial charge on any atom is 0.178 e. The number of fused-ring (bicyclic) bond motifs is 1. The number of hydrogen-bond donors (Lipinski definition) is 1. The van der Waals surface area contributed by atoms with Crippen LogP contribution in [0.1, 0.15) is 22.9 Å². The first-order chi connectivity index (χ1) is 9.61. The van der Waals surface area contributed by atoms with Gasteiger partial charge in [-0.05, 0) is 38.2 Å². The number of methoxy groups -OCH3 is 1. The van der Waals surface area contributed by atoms with Gasteiger partial charge in [-0.2, -0.15) is 0 Å². The largest absolute Gasteiger partial charge is 0.494 e. The summed E-state index contributed by atoms with van der Waals surface area (Å²) in [7, 11) is 1.66. The van der Waals surface area contributed by atoms with Gasteiger partial charge in [-0.3, -0.25) is 0 Å². The van der Waals surface area contributed by atoms with Gasteiger partial charge in [0.1, 0.15) is 16.3 Å². The van der Waals surface area contributed by atoms with Crippen LogP contribution in [0.15, 0.2) is 24.4 Å². The number of aromatic nitrogens is 3. The monoisotopic (exact) mass is 305 g/mol. The van der Waals surface area contributed by atoms with Crippen LogP contribution < -0.4 is 4.74 Å². The molecule has 2 aromatic heterocycles. The molecule has 3 rings (SSSR count). The number of H-pyrrole nitrogens is 1. The van der Waals surface area contributed by atoms with Crippen LogP contribution in [-0.2, 0) is 0 Å². The fourth-order valence-electron chi connectivity index (χ4n) is 2.35. The third-order valence-electron chi connectivity index (χ3n) is 3.32. The molecule has 0 spiro atoms.